The van der Waals surface area contributed by atoms with Crippen molar-refractivity contribution in [1.82, 2.24) is 20.1 Å². The van der Waals surface area contributed by atoms with Crippen LogP contribution in [0.4, 0.5) is 0 Å². The largest absolute Gasteiger partial charge is 0.480 e. The Morgan fingerprint density at radius 3 is 2.42 bits per heavy atom. The molecule has 2 N–H and O–H groups in total. The van der Waals surface area contributed by atoms with E-state index in [-0.39, 0.29) is 11.8 Å². The third-order valence-corrected chi connectivity index (χ3v) is 7.56. The van der Waals surface area contributed by atoms with Gasteiger partial charge in [0.15, 0.2) is 5.16 Å². The molecule has 3 aromatic rings. The number of thioether (sulfide) groups is 1. The highest BCUT2D eigenvalue weighted by Crippen LogP contribution is 2.45. The monoisotopic (exact) mass is 530 g/mol. The van der Waals surface area contributed by atoms with E-state index in [0.717, 1.165) is 11.1 Å². The van der Waals surface area contributed by atoms with Crippen LogP contribution >= 0.6 is 27.7 Å². The lowest BCUT2D eigenvalue weighted by molar-refractivity contribution is -0.143. The molecule has 1 aliphatic rings. The topological polar surface area (TPSA) is 97.1 Å². The third kappa shape index (κ3) is 4.80. The number of hydrogen-bond acceptors (Lipinski definition) is 5. The van der Waals surface area contributed by atoms with Gasteiger partial charge < -0.3 is 10.4 Å². The number of carbonyl (C=O) groups excluding carboxylic acids is 1. The summed E-state index contributed by atoms with van der Waals surface area (Å²) in [5.41, 5.74) is 2.29. The Labute approximate surface area is 205 Å². The summed E-state index contributed by atoms with van der Waals surface area (Å²) in [6.45, 7) is 7.05. The molecule has 2 aromatic carbocycles. The zero-order valence-corrected chi connectivity index (χ0v) is 21.4. The van der Waals surface area contributed by atoms with E-state index in [1.54, 1.807) is 27.7 Å². The first-order valence-corrected chi connectivity index (χ1v) is 12.6. The van der Waals surface area contributed by atoms with Gasteiger partial charge in [0.05, 0.1) is 10.4 Å². The Morgan fingerprint density at radius 2 is 1.82 bits per heavy atom. The molecule has 1 unspecified atom stereocenters. The van der Waals surface area contributed by atoms with Crippen LogP contribution in [-0.4, -0.2) is 42.5 Å². The summed E-state index contributed by atoms with van der Waals surface area (Å²) < 4.78 is 1.46. The molecular weight excluding hydrogens is 504 g/mol. The average molecular weight is 531 g/mol. The molecule has 174 valence electrons. The van der Waals surface area contributed by atoms with Crippen molar-refractivity contribution >= 4 is 50.3 Å². The number of carboxylic acids is 1. The lowest BCUT2D eigenvalue weighted by Gasteiger charge is -2.26. The van der Waals surface area contributed by atoms with Gasteiger partial charge in [0.2, 0.25) is 10.6 Å². The highest BCUT2D eigenvalue weighted by atomic mass is 79.9. The third-order valence-electron chi connectivity index (χ3n) is 5.90. The minimum atomic E-state index is -1.05. The van der Waals surface area contributed by atoms with Crippen molar-refractivity contribution in [3.8, 4) is 5.69 Å². The van der Waals surface area contributed by atoms with Crippen molar-refractivity contribution < 1.29 is 14.7 Å². The van der Waals surface area contributed by atoms with Gasteiger partial charge in [0.25, 0.3) is 0 Å². The molecule has 0 aliphatic heterocycles. The average Bonchev–Trinajstić information content (AvgIpc) is 3.54. The highest BCUT2D eigenvalue weighted by molar-refractivity contribution is 9.10. The zero-order chi connectivity index (χ0) is 23.9. The first-order valence-electron chi connectivity index (χ1n) is 11.0. The summed E-state index contributed by atoms with van der Waals surface area (Å²) >= 11 is 4.77. The maximum atomic E-state index is 13.0. The molecule has 0 spiro atoms. The summed E-state index contributed by atoms with van der Waals surface area (Å²) in [7, 11) is 0. The van der Waals surface area contributed by atoms with Gasteiger partial charge in [-0.05, 0) is 71.5 Å². The molecular formula is C24H27BrN4O3S. The number of fused-ring (bicyclic) bond motifs is 1. The second kappa shape index (κ2) is 9.10. The Kier molecular flexibility index (Phi) is 6.55. The van der Waals surface area contributed by atoms with Crippen molar-refractivity contribution in [2.75, 3.05) is 0 Å². The maximum absolute atomic E-state index is 13.0. The molecule has 1 saturated carbocycles. The lowest BCUT2D eigenvalue weighted by Crippen LogP contribution is -2.50. The number of aromatic nitrogens is 3. The number of hydrogen-bond donors (Lipinski definition) is 2. The number of benzene rings is 2. The first kappa shape index (κ1) is 23.8. The number of amides is 1. The standard InChI is InChI=1S/C24H27BrN4O3S/c1-13(2)19(20(30)31)26-21(32)24(3,4)33-23-28-27-22(25)29(23)18-12-11-15(14-9-10-14)16-7-5-6-8-17(16)18/h5-8,11-14,19H,9-10H2,1-4H3,(H,26,32)(H,30,31). The van der Waals surface area contributed by atoms with Gasteiger partial charge in [-0.2, -0.15) is 0 Å². The number of halogens is 1. The molecule has 7 nitrogen and oxygen atoms in total. The number of carboxylic acid groups (broad SMARTS) is 1. The van der Waals surface area contributed by atoms with Crippen molar-refractivity contribution in [1.29, 1.82) is 0 Å². The van der Waals surface area contributed by atoms with Gasteiger partial charge >= 0.3 is 5.97 Å². The van der Waals surface area contributed by atoms with Gasteiger partial charge in [-0.1, -0.05) is 55.9 Å². The number of rotatable bonds is 8. The van der Waals surface area contributed by atoms with Crippen molar-refractivity contribution in [2.24, 2.45) is 5.92 Å². The molecule has 9 heteroatoms. The normalized spacial score (nSPS) is 15.1. The van der Waals surface area contributed by atoms with E-state index in [2.05, 4.69) is 61.8 Å². The summed E-state index contributed by atoms with van der Waals surface area (Å²) in [5.74, 6) is -1.03. The predicted octanol–water partition coefficient (Wildman–Crippen LogP) is 5.16. The molecule has 1 aliphatic carbocycles. The quantitative estimate of drug-likeness (QED) is 0.390. The Hall–Kier alpha value is -2.39. The Morgan fingerprint density at radius 1 is 1.15 bits per heavy atom. The molecule has 1 atom stereocenters. The Bertz CT molecular complexity index is 1220. The molecule has 33 heavy (non-hydrogen) atoms. The van der Waals surface area contributed by atoms with Crippen LogP contribution in [0.3, 0.4) is 0 Å². The molecule has 1 aromatic heterocycles. The summed E-state index contributed by atoms with van der Waals surface area (Å²) in [6.07, 6.45) is 2.44. The highest BCUT2D eigenvalue weighted by Gasteiger charge is 2.36. The molecule has 1 fully saturated rings. The van der Waals surface area contributed by atoms with Crippen LogP contribution in [0, 0.1) is 5.92 Å². The van der Waals surface area contributed by atoms with Crippen LogP contribution in [0.2, 0.25) is 0 Å². The second-order valence-electron chi connectivity index (χ2n) is 9.23. The van der Waals surface area contributed by atoms with E-state index in [0.29, 0.717) is 15.8 Å². The van der Waals surface area contributed by atoms with Gasteiger partial charge in [-0.25, -0.2) is 4.79 Å². The van der Waals surface area contributed by atoms with Crippen molar-refractivity contribution in [3.05, 3.63) is 46.7 Å². The summed E-state index contributed by atoms with van der Waals surface area (Å²) in [6, 6.07) is 11.6. The fraction of sp³-hybridized carbons (Fsp3) is 0.417. The number of carbonyl (C=O) groups is 2. The van der Waals surface area contributed by atoms with Crippen LogP contribution in [0.1, 0.15) is 52.0 Å². The van der Waals surface area contributed by atoms with Crippen LogP contribution in [-0.2, 0) is 9.59 Å². The lowest BCUT2D eigenvalue weighted by atomic mass is 9.99. The smallest absolute Gasteiger partial charge is 0.326 e. The molecule has 4 rings (SSSR count). The van der Waals surface area contributed by atoms with E-state index >= 15 is 0 Å². The van der Waals surface area contributed by atoms with Crippen LogP contribution in [0.5, 0.6) is 0 Å². The Balaban J connectivity index is 1.69. The summed E-state index contributed by atoms with van der Waals surface area (Å²) in [5, 5.41) is 23.5. The second-order valence-corrected chi connectivity index (χ2v) is 11.5. The molecule has 0 bridgehead atoms. The minimum Gasteiger partial charge on any atom is -0.480 e. The molecule has 0 radical (unpaired) electrons. The van der Waals surface area contributed by atoms with Crippen molar-refractivity contribution in [2.45, 2.75) is 62.4 Å². The van der Waals surface area contributed by atoms with Gasteiger partial charge in [-0.3, -0.25) is 9.36 Å². The zero-order valence-electron chi connectivity index (χ0n) is 19.0. The van der Waals surface area contributed by atoms with E-state index < -0.39 is 16.8 Å². The fourth-order valence-electron chi connectivity index (χ4n) is 3.88. The predicted molar refractivity (Wildman–Crippen MR) is 133 cm³/mol. The minimum absolute atomic E-state index is 0.235. The van der Waals surface area contributed by atoms with Crippen LogP contribution < -0.4 is 5.32 Å². The molecule has 0 saturated heterocycles. The van der Waals surface area contributed by atoms with E-state index in [4.69, 9.17) is 0 Å². The SMILES string of the molecule is CC(C)C(NC(=O)C(C)(C)Sc1nnc(Br)n1-c1ccc(C2CC2)c2ccccc12)C(=O)O. The van der Waals surface area contributed by atoms with Crippen LogP contribution in [0.25, 0.3) is 16.5 Å². The number of nitrogens with one attached hydrogen (secondary N) is 1. The van der Waals surface area contributed by atoms with Gasteiger partial charge in [-0.15, -0.1) is 10.2 Å². The van der Waals surface area contributed by atoms with E-state index in [9.17, 15) is 14.7 Å². The van der Waals surface area contributed by atoms with Crippen LogP contribution in [0.15, 0.2) is 46.3 Å². The van der Waals surface area contributed by atoms with Gasteiger partial charge in [0, 0.05) is 5.39 Å². The fourth-order valence-corrected chi connectivity index (χ4v) is 5.40. The number of aliphatic carboxylic acids is 1. The van der Waals surface area contributed by atoms with E-state index in [1.165, 1.54) is 35.6 Å². The molecule has 1 amide bonds. The summed E-state index contributed by atoms with van der Waals surface area (Å²) in [4.78, 5) is 24.6. The number of nitrogens with zero attached hydrogens (tertiary/aromatic N) is 3. The van der Waals surface area contributed by atoms with Crippen molar-refractivity contribution in [3.63, 3.8) is 0 Å². The maximum Gasteiger partial charge on any atom is 0.326 e. The first-order chi connectivity index (χ1) is 15.6. The molecule has 1 heterocycles. The van der Waals surface area contributed by atoms with E-state index in [1.807, 2.05) is 10.6 Å². The van der Waals surface area contributed by atoms with Gasteiger partial charge in [0.1, 0.15) is 6.04 Å².